The lowest BCUT2D eigenvalue weighted by Crippen LogP contribution is -2.20. The second-order valence-electron chi connectivity index (χ2n) is 5.23. The molecule has 22 heavy (non-hydrogen) atoms. The van der Waals surface area contributed by atoms with E-state index in [1.165, 1.54) is 18.2 Å². The van der Waals surface area contributed by atoms with Crippen LogP contribution in [0.5, 0.6) is 0 Å². The fourth-order valence-electron chi connectivity index (χ4n) is 1.80. The Kier molecular flexibility index (Phi) is 6.31. The predicted octanol–water partition coefficient (Wildman–Crippen LogP) is 2.65. The van der Waals surface area contributed by atoms with Crippen LogP contribution in [0.3, 0.4) is 0 Å². The third-order valence-electron chi connectivity index (χ3n) is 2.66. The third-order valence-corrected chi connectivity index (χ3v) is 4.96. The van der Waals surface area contributed by atoms with Gasteiger partial charge in [-0.2, -0.15) is 0 Å². The predicted molar refractivity (Wildman–Crippen MR) is 84.8 cm³/mol. The van der Waals surface area contributed by atoms with Crippen LogP contribution in [0.4, 0.5) is 11.4 Å². The van der Waals surface area contributed by atoms with E-state index in [0.717, 1.165) is 0 Å². The molecular formula is C13H17ClN2O5S. The molecule has 0 aliphatic carbocycles. The molecule has 0 saturated heterocycles. The summed E-state index contributed by atoms with van der Waals surface area (Å²) in [5.74, 6) is -0.694. The maximum absolute atomic E-state index is 11.7. The second kappa shape index (κ2) is 7.55. The van der Waals surface area contributed by atoms with Crippen molar-refractivity contribution in [2.45, 2.75) is 20.3 Å². The Balaban J connectivity index is 2.63. The molecule has 0 bridgehead atoms. The molecule has 9 heteroatoms. The summed E-state index contributed by atoms with van der Waals surface area (Å²) in [4.78, 5) is 21.7. The number of nitrogens with one attached hydrogen (secondary N) is 1. The molecule has 0 saturated carbocycles. The second-order valence-corrected chi connectivity index (χ2v) is 7.87. The Morgan fingerprint density at radius 3 is 2.55 bits per heavy atom. The Morgan fingerprint density at radius 2 is 2.05 bits per heavy atom. The van der Waals surface area contributed by atoms with Crippen LogP contribution in [0.25, 0.3) is 0 Å². The summed E-state index contributed by atoms with van der Waals surface area (Å²) >= 11 is 5.73. The van der Waals surface area contributed by atoms with Gasteiger partial charge in [0.25, 0.3) is 5.69 Å². The third kappa shape index (κ3) is 5.98. The summed E-state index contributed by atoms with van der Waals surface area (Å²) < 4.78 is 23.4. The van der Waals surface area contributed by atoms with Gasteiger partial charge in [-0.05, 0) is 18.1 Å². The van der Waals surface area contributed by atoms with E-state index >= 15 is 0 Å². The number of halogens is 1. The zero-order valence-corrected chi connectivity index (χ0v) is 13.8. The van der Waals surface area contributed by atoms with Gasteiger partial charge in [-0.1, -0.05) is 25.4 Å². The highest BCUT2D eigenvalue weighted by Crippen LogP contribution is 2.27. The van der Waals surface area contributed by atoms with Crippen LogP contribution in [0.2, 0.25) is 5.02 Å². The molecule has 0 aliphatic heterocycles. The first-order valence-electron chi connectivity index (χ1n) is 6.55. The first kappa shape index (κ1) is 18.4. The topological polar surface area (TPSA) is 106 Å². The summed E-state index contributed by atoms with van der Waals surface area (Å²) in [6.07, 6.45) is -0.177. The maximum Gasteiger partial charge on any atom is 0.288 e. The monoisotopic (exact) mass is 348 g/mol. The van der Waals surface area contributed by atoms with Gasteiger partial charge >= 0.3 is 0 Å². The lowest BCUT2D eigenvalue weighted by molar-refractivity contribution is -0.384. The van der Waals surface area contributed by atoms with Gasteiger partial charge in [0.05, 0.1) is 16.4 Å². The first-order valence-corrected chi connectivity index (χ1v) is 8.75. The van der Waals surface area contributed by atoms with Crippen LogP contribution in [-0.4, -0.2) is 30.8 Å². The van der Waals surface area contributed by atoms with E-state index < -0.39 is 20.7 Å². The summed E-state index contributed by atoms with van der Waals surface area (Å²) in [5.41, 5.74) is 0.0148. The van der Waals surface area contributed by atoms with E-state index in [4.69, 9.17) is 11.6 Å². The van der Waals surface area contributed by atoms with Crippen molar-refractivity contribution in [1.29, 1.82) is 0 Å². The smallest absolute Gasteiger partial charge is 0.288 e. The molecule has 122 valence electrons. The number of hydrogen-bond donors (Lipinski definition) is 1. The molecule has 0 heterocycles. The molecule has 0 aliphatic rings. The van der Waals surface area contributed by atoms with Gasteiger partial charge in [0, 0.05) is 18.2 Å². The fourth-order valence-corrected chi connectivity index (χ4v) is 3.72. The fraction of sp³-hybridized carbons (Fsp3) is 0.462. The molecule has 1 aromatic carbocycles. The highest BCUT2D eigenvalue weighted by atomic mass is 35.5. The number of carbonyl (C=O) groups is 1. The molecule has 1 rings (SSSR count). The summed E-state index contributed by atoms with van der Waals surface area (Å²) in [5, 5.41) is 13.0. The number of nitrogens with zero attached hydrogens (tertiary/aromatic N) is 1. The van der Waals surface area contributed by atoms with E-state index in [9.17, 15) is 23.3 Å². The number of hydrogen-bond acceptors (Lipinski definition) is 5. The zero-order chi connectivity index (χ0) is 16.9. The number of carbonyl (C=O) groups excluding carboxylic acids is 1. The van der Waals surface area contributed by atoms with Crippen molar-refractivity contribution in [2.24, 2.45) is 5.92 Å². The van der Waals surface area contributed by atoms with Crippen molar-refractivity contribution in [3.05, 3.63) is 33.3 Å². The molecule has 0 fully saturated rings. The maximum atomic E-state index is 11.7. The van der Waals surface area contributed by atoms with E-state index in [-0.39, 0.29) is 40.2 Å². The van der Waals surface area contributed by atoms with Gasteiger partial charge in [-0.3, -0.25) is 14.9 Å². The Bertz CT molecular complexity index is 673. The molecule has 0 unspecified atom stereocenters. The lowest BCUT2D eigenvalue weighted by atomic mass is 10.2. The van der Waals surface area contributed by atoms with Crippen molar-refractivity contribution < 1.29 is 18.1 Å². The van der Waals surface area contributed by atoms with Crippen molar-refractivity contribution in [1.82, 2.24) is 0 Å². The highest BCUT2D eigenvalue weighted by molar-refractivity contribution is 7.91. The summed E-state index contributed by atoms with van der Waals surface area (Å²) in [6.45, 7) is 3.58. The molecule has 1 aromatic rings. The Labute approximate surface area is 133 Å². The average molecular weight is 349 g/mol. The van der Waals surface area contributed by atoms with Gasteiger partial charge in [0.1, 0.15) is 5.02 Å². The van der Waals surface area contributed by atoms with E-state index in [1.54, 1.807) is 13.8 Å². The molecule has 1 N–H and O–H groups in total. The van der Waals surface area contributed by atoms with Gasteiger partial charge in [-0.15, -0.1) is 0 Å². The van der Waals surface area contributed by atoms with Crippen molar-refractivity contribution in [3.8, 4) is 0 Å². The van der Waals surface area contributed by atoms with Crippen LogP contribution in [-0.2, 0) is 14.6 Å². The van der Waals surface area contributed by atoms with Crippen LogP contribution in [0, 0.1) is 16.0 Å². The molecular weight excluding hydrogens is 332 g/mol. The number of nitro benzene ring substituents is 1. The summed E-state index contributed by atoms with van der Waals surface area (Å²) in [6, 6.07) is 3.76. The van der Waals surface area contributed by atoms with Crippen LogP contribution in [0.15, 0.2) is 18.2 Å². The van der Waals surface area contributed by atoms with E-state index in [2.05, 4.69) is 5.32 Å². The minimum absolute atomic E-state index is 0.00143. The molecule has 0 spiro atoms. The molecule has 7 nitrogen and oxygen atoms in total. The number of anilines is 1. The SMILES string of the molecule is CC(C)CS(=O)(=O)CCC(=O)Nc1ccc([N+](=O)[O-])c(Cl)c1. The minimum Gasteiger partial charge on any atom is -0.326 e. The number of sulfone groups is 1. The first-order chi connectivity index (χ1) is 10.1. The lowest BCUT2D eigenvalue weighted by Gasteiger charge is -2.08. The van der Waals surface area contributed by atoms with Crippen LogP contribution < -0.4 is 5.32 Å². The van der Waals surface area contributed by atoms with Gasteiger partial charge in [0.15, 0.2) is 9.84 Å². The summed E-state index contributed by atoms with van der Waals surface area (Å²) in [7, 11) is -3.27. The average Bonchev–Trinajstić information content (AvgIpc) is 2.34. The number of rotatable bonds is 7. The molecule has 0 atom stereocenters. The van der Waals surface area contributed by atoms with Crippen molar-refractivity contribution in [3.63, 3.8) is 0 Å². The number of nitro groups is 1. The molecule has 1 amide bonds. The van der Waals surface area contributed by atoms with Gasteiger partial charge in [0.2, 0.25) is 5.91 Å². The van der Waals surface area contributed by atoms with E-state index in [0.29, 0.717) is 0 Å². The van der Waals surface area contributed by atoms with Crippen LogP contribution >= 0.6 is 11.6 Å². The largest absolute Gasteiger partial charge is 0.326 e. The highest BCUT2D eigenvalue weighted by Gasteiger charge is 2.17. The minimum atomic E-state index is -3.27. The molecule has 0 radical (unpaired) electrons. The van der Waals surface area contributed by atoms with Crippen LogP contribution in [0.1, 0.15) is 20.3 Å². The number of amides is 1. The van der Waals surface area contributed by atoms with Gasteiger partial charge < -0.3 is 5.32 Å². The van der Waals surface area contributed by atoms with E-state index in [1.807, 2.05) is 0 Å². The quantitative estimate of drug-likeness (QED) is 0.602. The number of benzene rings is 1. The van der Waals surface area contributed by atoms with Crippen molar-refractivity contribution >= 4 is 38.7 Å². The van der Waals surface area contributed by atoms with Crippen molar-refractivity contribution in [2.75, 3.05) is 16.8 Å². The Hall–Kier alpha value is -1.67. The Morgan fingerprint density at radius 1 is 1.41 bits per heavy atom. The van der Waals surface area contributed by atoms with Gasteiger partial charge in [-0.25, -0.2) is 8.42 Å². The molecule has 0 aromatic heterocycles. The normalized spacial score (nSPS) is 11.5. The standard InChI is InChI=1S/C13H17ClN2O5S/c1-9(2)8-22(20,21)6-5-13(17)15-10-3-4-12(16(18)19)11(14)7-10/h3-4,7,9H,5-6,8H2,1-2H3,(H,15,17). The zero-order valence-electron chi connectivity index (χ0n) is 12.2.